The number of anilines is 1. The summed E-state index contributed by atoms with van der Waals surface area (Å²) in [5.74, 6) is -0.752. The number of nitrogens with zero attached hydrogens (tertiary/aromatic N) is 1. The van der Waals surface area contributed by atoms with Gasteiger partial charge in [-0.1, -0.05) is 95.0 Å². The molecule has 258 valence electrons. The molecule has 47 heavy (non-hydrogen) atoms. The van der Waals surface area contributed by atoms with Crippen molar-refractivity contribution in [3.05, 3.63) is 66.2 Å². The molecule has 2 aromatic rings. The summed E-state index contributed by atoms with van der Waals surface area (Å²) >= 11 is 0. The van der Waals surface area contributed by atoms with Crippen molar-refractivity contribution in [2.45, 2.75) is 104 Å². The molecule has 0 saturated carbocycles. The Kier molecular flexibility index (Phi) is 19.8. The number of likely N-dealkylation sites (N-methyl/N-ethyl adjacent to an activating group) is 1. The number of unbranched alkanes of at least 4 members (excludes halogenated alkanes) is 9. The van der Waals surface area contributed by atoms with Crippen LogP contribution < -0.4 is 26.1 Å². The first-order valence-electron chi connectivity index (χ1n) is 17.2. The van der Waals surface area contributed by atoms with Crippen LogP contribution in [0.15, 0.2) is 60.7 Å². The second kappa shape index (κ2) is 23.9. The number of amides is 4. The van der Waals surface area contributed by atoms with Crippen molar-refractivity contribution in [3.8, 4) is 5.75 Å². The Balaban J connectivity index is 1.75. The second-order valence-electron chi connectivity index (χ2n) is 11.6. The van der Waals surface area contributed by atoms with Crippen LogP contribution in [0.3, 0.4) is 0 Å². The van der Waals surface area contributed by atoms with Gasteiger partial charge in [0.05, 0.1) is 6.61 Å². The SMILES string of the molecule is CCCCCCCCCCCCNC(=O)CCCOc1ccc(NC(NC(=O)C=Cc2ccccc2)C(=O)N(CC)NC(C)=O)cc1. The van der Waals surface area contributed by atoms with Crippen LogP contribution in [0.5, 0.6) is 5.75 Å². The van der Waals surface area contributed by atoms with E-state index < -0.39 is 23.9 Å². The molecule has 0 aliphatic rings. The van der Waals surface area contributed by atoms with Crippen molar-refractivity contribution in [1.82, 2.24) is 21.1 Å². The highest BCUT2D eigenvalue weighted by molar-refractivity contribution is 5.96. The lowest BCUT2D eigenvalue weighted by molar-refractivity contribution is -0.142. The summed E-state index contributed by atoms with van der Waals surface area (Å²) in [5.41, 5.74) is 3.89. The molecule has 0 aromatic heterocycles. The number of ether oxygens (including phenoxy) is 1. The molecule has 0 aliphatic heterocycles. The Hall–Kier alpha value is -4.34. The highest BCUT2D eigenvalue weighted by Gasteiger charge is 2.25. The van der Waals surface area contributed by atoms with Crippen molar-refractivity contribution in [3.63, 3.8) is 0 Å². The summed E-state index contributed by atoms with van der Waals surface area (Å²) in [6, 6.07) is 16.3. The first kappa shape index (κ1) is 38.8. The molecular formula is C37H55N5O5. The fourth-order valence-corrected chi connectivity index (χ4v) is 4.89. The van der Waals surface area contributed by atoms with E-state index in [1.54, 1.807) is 37.3 Å². The molecular weight excluding hydrogens is 594 g/mol. The lowest BCUT2D eigenvalue weighted by Gasteiger charge is -2.27. The van der Waals surface area contributed by atoms with Crippen LogP contribution in [0.2, 0.25) is 0 Å². The van der Waals surface area contributed by atoms with Crippen molar-refractivity contribution in [1.29, 1.82) is 0 Å². The molecule has 2 aromatic carbocycles. The van der Waals surface area contributed by atoms with Crippen LogP contribution in [-0.2, 0) is 19.2 Å². The Morgan fingerprint density at radius 1 is 0.809 bits per heavy atom. The lowest BCUT2D eigenvalue weighted by Crippen LogP contribution is -2.57. The van der Waals surface area contributed by atoms with Gasteiger partial charge in [0.2, 0.25) is 17.7 Å². The molecule has 10 nitrogen and oxygen atoms in total. The minimum absolute atomic E-state index is 0.0424. The largest absolute Gasteiger partial charge is 0.494 e. The van der Waals surface area contributed by atoms with E-state index in [0.717, 1.165) is 30.0 Å². The number of rotatable bonds is 23. The maximum absolute atomic E-state index is 13.2. The van der Waals surface area contributed by atoms with Crippen LogP contribution in [0.4, 0.5) is 5.69 Å². The van der Waals surface area contributed by atoms with E-state index in [0.29, 0.717) is 30.9 Å². The number of carbonyl (C=O) groups is 4. The normalized spacial score (nSPS) is 11.5. The summed E-state index contributed by atoms with van der Waals surface area (Å²) < 4.78 is 5.80. The molecule has 0 aliphatic carbocycles. The zero-order valence-corrected chi connectivity index (χ0v) is 28.5. The van der Waals surface area contributed by atoms with Crippen molar-refractivity contribution in [2.24, 2.45) is 0 Å². The third-order valence-electron chi connectivity index (χ3n) is 7.47. The van der Waals surface area contributed by atoms with E-state index in [-0.39, 0.29) is 12.5 Å². The fourth-order valence-electron chi connectivity index (χ4n) is 4.89. The Morgan fingerprint density at radius 3 is 2.06 bits per heavy atom. The number of hydrazine groups is 1. The zero-order chi connectivity index (χ0) is 34.1. The average molecular weight is 650 g/mol. The van der Waals surface area contributed by atoms with Crippen LogP contribution in [0, 0.1) is 0 Å². The van der Waals surface area contributed by atoms with Crippen LogP contribution in [0.25, 0.3) is 6.08 Å². The number of benzene rings is 2. The molecule has 0 spiro atoms. The van der Waals surface area contributed by atoms with E-state index in [2.05, 4.69) is 28.3 Å². The van der Waals surface area contributed by atoms with E-state index in [1.807, 2.05) is 30.3 Å². The lowest BCUT2D eigenvalue weighted by atomic mass is 10.1. The summed E-state index contributed by atoms with van der Waals surface area (Å²) in [7, 11) is 0. The van der Waals surface area contributed by atoms with Crippen molar-refractivity contribution in [2.75, 3.05) is 25.0 Å². The fraction of sp³-hybridized carbons (Fsp3) is 0.514. The first-order valence-corrected chi connectivity index (χ1v) is 17.2. The van der Waals surface area contributed by atoms with E-state index >= 15 is 0 Å². The Morgan fingerprint density at radius 2 is 1.45 bits per heavy atom. The number of nitrogens with one attached hydrogen (secondary N) is 4. The molecule has 0 heterocycles. The van der Waals surface area contributed by atoms with Crippen LogP contribution in [-0.4, -0.2) is 54.5 Å². The number of hydrogen-bond donors (Lipinski definition) is 4. The van der Waals surface area contributed by atoms with Gasteiger partial charge in [0.15, 0.2) is 6.17 Å². The topological polar surface area (TPSA) is 129 Å². The van der Waals surface area contributed by atoms with Gasteiger partial charge in [-0.2, -0.15) is 0 Å². The monoisotopic (exact) mass is 649 g/mol. The van der Waals surface area contributed by atoms with Gasteiger partial charge in [-0.15, -0.1) is 0 Å². The Bertz CT molecular complexity index is 1220. The van der Waals surface area contributed by atoms with Gasteiger partial charge in [0.1, 0.15) is 5.75 Å². The van der Waals surface area contributed by atoms with Gasteiger partial charge in [0.25, 0.3) is 5.91 Å². The van der Waals surface area contributed by atoms with Gasteiger partial charge >= 0.3 is 0 Å². The van der Waals surface area contributed by atoms with Crippen LogP contribution in [0.1, 0.15) is 103 Å². The number of carbonyl (C=O) groups excluding carboxylic acids is 4. The van der Waals surface area contributed by atoms with Gasteiger partial charge in [0, 0.05) is 38.2 Å². The summed E-state index contributed by atoms with van der Waals surface area (Å²) in [4.78, 5) is 49.8. The molecule has 4 amide bonds. The zero-order valence-electron chi connectivity index (χ0n) is 28.5. The van der Waals surface area contributed by atoms with Gasteiger partial charge in [-0.25, -0.2) is 0 Å². The molecule has 10 heteroatoms. The van der Waals surface area contributed by atoms with Crippen LogP contribution >= 0.6 is 0 Å². The third kappa shape index (κ3) is 17.8. The molecule has 1 atom stereocenters. The second-order valence-corrected chi connectivity index (χ2v) is 11.6. The standard InChI is InChI=1S/C37H55N5O5/c1-4-6-7-8-9-10-11-12-13-17-28-38-34(44)21-18-29-47-33-25-23-32(24-26-33)39-36(37(46)42(5-2)41-30(3)43)40-35(45)27-22-31-19-15-14-16-20-31/h14-16,19-20,22-27,36,39H,4-13,17-18,21,28-29H2,1-3H3,(H,38,44)(H,40,45)(H,41,43). The number of hydrogen-bond acceptors (Lipinski definition) is 6. The average Bonchev–Trinajstić information content (AvgIpc) is 3.07. The Labute approximate surface area is 281 Å². The highest BCUT2D eigenvalue weighted by Crippen LogP contribution is 2.17. The summed E-state index contributed by atoms with van der Waals surface area (Å²) in [5, 5.41) is 9.86. The minimum Gasteiger partial charge on any atom is -0.494 e. The molecule has 0 bridgehead atoms. The molecule has 1 unspecified atom stereocenters. The van der Waals surface area contributed by atoms with Crippen molar-refractivity contribution < 1.29 is 23.9 Å². The van der Waals surface area contributed by atoms with Gasteiger partial charge < -0.3 is 20.7 Å². The maximum atomic E-state index is 13.2. The minimum atomic E-state index is -1.15. The predicted octanol–water partition coefficient (Wildman–Crippen LogP) is 6.35. The van der Waals surface area contributed by atoms with Gasteiger partial charge in [-0.3, -0.25) is 29.6 Å². The van der Waals surface area contributed by atoms with Crippen molar-refractivity contribution >= 4 is 35.4 Å². The first-order chi connectivity index (χ1) is 22.8. The molecule has 0 saturated heterocycles. The smallest absolute Gasteiger partial charge is 0.284 e. The predicted molar refractivity (Wildman–Crippen MR) is 188 cm³/mol. The molecule has 2 rings (SSSR count). The van der Waals surface area contributed by atoms with E-state index in [4.69, 9.17) is 4.74 Å². The quantitative estimate of drug-likeness (QED) is 0.0481. The third-order valence-corrected chi connectivity index (χ3v) is 7.47. The highest BCUT2D eigenvalue weighted by atomic mass is 16.5. The maximum Gasteiger partial charge on any atom is 0.284 e. The summed E-state index contributed by atoms with van der Waals surface area (Å²) in [6.07, 6.45) is 15.5. The van der Waals surface area contributed by atoms with Gasteiger partial charge in [-0.05, 0) is 55.7 Å². The van der Waals surface area contributed by atoms with E-state index in [9.17, 15) is 19.2 Å². The molecule has 4 N–H and O–H groups in total. The molecule has 0 fully saturated rings. The summed E-state index contributed by atoms with van der Waals surface area (Å²) in [6.45, 7) is 6.59. The molecule has 0 radical (unpaired) electrons. The van der Waals surface area contributed by atoms with E-state index in [1.165, 1.54) is 64.4 Å².